The van der Waals surface area contributed by atoms with Gasteiger partial charge in [0, 0.05) is 13.0 Å². The number of hydrogen-bond acceptors (Lipinski definition) is 6. The van der Waals surface area contributed by atoms with Crippen LogP contribution >= 0.6 is 0 Å². The molecule has 116 valence electrons. The topological polar surface area (TPSA) is 113 Å². The van der Waals surface area contributed by atoms with E-state index in [-0.39, 0.29) is 6.42 Å². The molecule has 3 N–H and O–H groups in total. The molecule has 0 saturated carbocycles. The summed E-state index contributed by atoms with van der Waals surface area (Å²) in [5, 5.41) is 13.9. The summed E-state index contributed by atoms with van der Waals surface area (Å²) >= 11 is 0. The van der Waals surface area contributed by atoms with Gasteiger partial charge in [0.25, 0.3) is 0 Å². The van der Waals surface area contributed by atoms with Crippen LogP contribution in [0.5, 0.6) is 0 Å². The van der Waals surface area contributed by atoms with E-state index in [1.54, 1.807) is 20.8 Å². The minimum Gasteiger partial charge on any atom is -0.481 e. The van der Waals surface area contributed by atoms with Crippen LogP contribution in [0, 0.1) is 0 Å². The van der Waals surface area contributed by atoms with Gasteiger partial charge in [0.2, 0.25) is 5.95 Å². The first-order valence-corrected chi connectivity index (χ1v) is 6.54. The lowest BCUT2D eigenvalue weighted by Gasteiger charge is -2.19. The number of carboxylic acids is 1. The minimum absolute atomic E-state index is 0.0886. The normalized spacial score (nSPS) is 10.8. The molecule has 0 spiro atoms. The van der Waals surface area contributed by atoms with E-state index in [0.29, 0.717) is 24.6 Å². The van der Waals surface area contributed by atoms with Gasteiger partial charge in [-0.05, 0) is 27.2 Å². The predicted molar refractivity (Wildman–Crippen MR) is 77.2 cm³/mol. The third-order valence-electron chi connectivity index (χ3n) is 2.15. The smallest absolute Gasteiger partial charge is 0.412 e. The van der Waals surface area contributed by atoms with Crippen LogP contribution in [-0.4, -0.2) is 39.3 Å². The average Bonchev–Trinajstić information content (AvgIpc) is 2.34. The highest BCUT2D eigenvalue weighted by Crippen LogP contribution is 2.11. The molecule has 0 radical (unpaired) electrons. The molecule has 1 heterocycles. The zero-order valence-electron chi connectivity index (χ0n) is 12.3. The number of ether oxygens (including phenoxy) is 1. The summed E-state index contributed by atoms with van der Waals surface area (Å²) in [5.41, 5.74) is -0.156. The van der Waals surface area contributed by atoms with Crippen molar-refractivity contribution < 1.29 is 19.4 Å². The molecule has 0 atom stereocenters. The van der Waals surface area contributed by atoms with Gasteiger partial charge in [0.05, 0.1) is 18.1 Å². The zero-order valence-corrected chi connectivity index (χ0v) is 12.3. The highest BCUT2D eigenvalue weighted by Gasteiger charge is 2.16. The van der Waals surface area contributed by atoms with Crippen LogP contribution in [0.3, 0.4) is 0 Å². The molecule has 1 rings (SSSR count). The highest BCUT2D eigenvalue weighted by molar-refractivity contribution is 5.84. The predicted octanol–water partition coefficient (Wildman–Crippen LogP) is 2.10. The van der Waals surface area contributed by atoms with Gasteiger partial charge >= 0.3 is 12.1 Å². The number of hydrogen-bond donors (Lipinski definition) is 3. The van der Waals surface area contributed by atoms with Crippen molar-refractivity contribution in [2.24, 2.45) is 0 Å². The second-order valence-electron chi connectivity index (χ2n) is 5.35. The lowest BCUT2D eigenvalue weighted by Crippen LogP contribution is -2.27. The first kappa shape index (κ1) is 16.7. The van der Waals surface area contributed by atoms with E-state index in [9.17, 15) is 9.59 Å². The molecular formula is C13H20N4O4. The van der Waals surface area contributed by atoms with Crippen LogP contribution in [0.4, 0.5) is 16.4 Å². The van der Waals surface area contributed by atoms with Gasteiger partial charge in [-0.15, -0.1) is 0 Å². The van der Waals surface area contributed by atoms with Crippen LogP contribution < -0.4 is 10.6 Å². The monoisotopic (exact) mass is 296 g/mol. The van der Waals surface area contributed by atoms with Crippen molar-refractivity contribution in [3.8, 4) is 0 Å². The summed E-state index contributed by atoms with van der Waals surface area (Å²) in [6, 6.07) is 0. The zero-order chi connectivity index (χ0) is 15.9. The van der Waals surface area contributed by atoms with Gasteiger partial charge in [0.15, 0.2) is 0 Å². The maximum Gasteiger partial charge on any atom is 0.412 e. The van der Waals surface area contributed by atoms with Crippen molar-refractivity contribution in [2.45, 2.75) is 39.2 Å². The Kier molecular flexibility index (Phi) is 5.89. The second kappa shape index (κ2) is 7.41. The number of nitrogens with one attached hydrogen (secondary N) is 2. The molecule has 0 aliphatic heterocycles. The molecule has 0 bridgehead atoms. The SMILES string of the molecule is CC(C)(C)OC(=O)Nc1cnc(NCCCC(=O)O)nc1. The van der Waals surface area contributed by atoms with Gasteiger partial charge in [0.1, 0.15) is 5.60 Å². The molecule has 1 aromatic heterocycles. The molecule has 0 saturated heterocycles. The number of aliphatic carboxylic acids is 1. The lowest BCUT2D eigenvalue weighted by molar-refractivity contribution is -0.137. The maximum absolute atomic E-state index is 11.5. The molecule has 0 aliphatic carbocycles. The number of aromatic nitrogens is 2. The summed E-state index contributed by atoms with van der Waals surface area (Å²) in [7, 11) is 0. The van der Waals surface area contributed by atoms with Crippen LogP contribution in [0.1, 0.15) is 33.6 Å². The third kappa shape index (κ3) is 7.71. The molecule has 8 heteroatoms. The highest BCUT2D eigenvalue weighted by atomic mass is 16.6. The van der Waals surface area contributed by atoms with Crippen LogP contribution in [0.2, 0.25) is 0 Å². The van der Waals surface area contributed by atoms with Gasteiger partial charge < -0.3 is 15.2 Å². The fourth-order valence-corrected chi connectivity index (χ4v) is 1.35. The van der Waals surface area contributed by atoms with Crippen LogP contribution in [0.25, 0.3) is 0 Å². The van der Waals surface area contributed by atoms with E-state index in [0.717, 1.165) is 0 Å². The number of carbonyl (C=O) groups excluding carboxylic acids is 1. The lowest BCUT2D eigenvalue weighted by atomic mass is 10.2. The van der Waals surface area contributed by atoms with Crippen molar-refractivity contribution in [3.63, 3.8) is 0 Å². The van der Waals surface area contributed by atoms with Crippen molar-refractivity contribution in [3.05, 3.63) is 12.4 Å². The molecular weight excluding hydrogens is 276 g/mol. The van der Waals surface area contributed by atoms with Gasteiger partial charge in [-0.3, -0.25) is 10.1 Å². The summed E-state index contributed by atoms with van der Waals surface area (Å²) < 4.78 is 5.10. The first-order valence-electron chi connectivity index (χ1n) is 6.54. The number of amides is 1. The van der Waals surface area contributed by atoms with Crippen molar-refractivity contribution >= 4 is 23.7 Å². The molecule has 8 nitrogen and oxygen atoms in total. The molecule has 0 fully saturated rings. The number of carboxylic acid groups (broad SMARTS) is 1. The van der Waals surface area contributed by atoms with Gasteiger partial charge in [-0.25, -0.2) is 14.8 Å². The molecule has 21 heavy (non-hydrogen) atoms. The minimum atomic E-state index is -0.838. The Morgan fingerprint density at radius 2 is 1.90 bits per heavy atom. The number of rotatable bonds is 6. The summed E-state index contributed by atoms with van der Waals surface area (Å²) in [6.07, 6.45) is 2.88. The van der Waals surface area contributed by atoms with Crippen LogP contribution in [0.15, 0.2) is 12.4 Å². The molecule has 1 aromatic rings. The Morgan fingerprint density at radius 1 is 1.29 bits per heavy atom. The number of carbonyl (C=O) groups is 2. The Hall–Kier alpha value is -2.38. The van der Waals surface area contributed by atoms with E-state index >= 15 is 0 Å². The Bertz CT molecular complexity index is 482. The Labute approximate surface area is 122 Å². The summed E-state index contributed by atoms with van der Waals surface area (Å²) in [4.78, 5) is 29.9. The van der Waals surface area contributed by atoms with Crippen molar-refractivity contribution in [2.75, 3.05) is 17.2 Å². The van der Waals surface area contributed by atoms with E-state index in [1.807, 2.05) is 0 Å². The summed E-state index contributed by atoms with van der Waals surface area (Å²) in [6.45, 7) is 5.78. The fourth-order valence-electron chi connectivity index (χ4n) is 1.35. The Balaban J connectivity index is 2.40. The van der Waals surface area contributed by atoms with Crippen molar-refractivity contribution in [1.29, 1.82) is 0 Å². The first-order chi connectivity index (χ1) is 9.76. The number of anilines is 2. The molecule has 0 aliphatic rings. The largest absolute Gasteiger partial charge is 0.481 e. The van der Waals surface area contributed by atoms with Crippen LogP contribution in [-0.2, 0) is 9.53 Å². The number of nitrogens with zero attached hydrogens (tertiary/aromatic N) is 2. The average molecular weight is 296 g/mol. The van der Waals surface area contributed by atoms with Gasteiger partial charge in [-0.2, -0.15) is 0 Å². The quantitative estimate of drug-likeness (QED) is 0.689. The van der Waals surface area contributed by atoms with E-state index < -0.39 is 17.7 Å². The standard InChI is InChI=1S/C13H20N4O4/c1-13(2,3)21-12(20)17-9-7-15-11(16-8-9)14-6-4-5-10(18)19/h7-8H,4-6H2,1-3H3,(H,17,20)(H,18,19)(H,14,15,16). The van der Waals surface area contributed by atoms with Crippen molar-refractivity contribution in [1.82, 2.24) is 9.97 Å². The summed E-state index contributed by atoms with van der Waals surface area (Å²) in [5.74, 6) is -0.468. The van der Waals surface area contributed by atoms with E-state index in [2.05, 4.69) is 20.6 Å². The Morgan fingerprint density at radius 3 is 2.43 bits per heavy atom. The third-order valence-corrected chi connectivity index (χ3v) is 2.15. The fraction of sp³-hybridized carbons (Fsp3) is 0.538. The second-order valence-corrected chi connectivity index (χ2v) is 5.35. The van der Waals surface area contributed by atoms with E-state index in [1.165, 1.54) is 12.4 Å². The molecule has 1 amide bonds. The molecule has 0 unspecified atom stereocenters. The van der Waals surface area contributed by atoms with Gasteiger partial charge in [-0.1, -0.05) is 0 Å². The van der Waals surface area contributed by atoms with E-state index in [4.69, 9.17) is 9.84 Å². The maximum atomic E-state index is 11.5. The molecule has 0 aromatic carbocycles.